The van der Waals surface area contributed by atoms with Crippen LogP contribution in [0, 0.1) is 20.8 Å². The maximum absolute atomic E-state index is 5.60. The van der Waals surface area contributed by atoms with Gasteiger partial charge < -0.3 is 14.5 Å². The van der Waals surface area contributed by atoms with E-state index >= 15 is 0 Å². The third-order valence-electron chi connectivity index (χ3n) is 3.60. The van der Waals surface area contributed by atoms with Crippen LogP contribution in [-0.2, 0) is 0 Å². The standard InChI is InChI=1S/C16H21NO2/c1-10-6-7-14(16(18-5)12(10)3)15(17-4)13-8-11(2)19-9-13/h6-9,15,17H,1-5H3. The van der Waals surface area contributed by atoms with Crippen LogP contribution in [0.1, 0.15) is 34.1 Å². The second-order valence-electron chi connectivity index (χ2n) is 4.84. The Labute approximate surface area is 114 Å². The summed E-state index contributed by atoms with van der Waals surface area (Å²) in [5.41, 5.74) is 4.66. The zero-order valence-electron chi connectivity index (χ0n) is 12.2. The summed E-state index contributed by atoms with van der Waals surface area (Å²) in [5.74, 6) is 1.86. The van der Waals surface area contributed by atoms with Crippen LogP contribution in [-0.4, -0.2) is 14.2 Å². The molecular weight excluding hydrogens is 238 g/mol. The van der Waals surface area contributed by atoms with Gasteiger partial charge in [0.2, 0.25) is 0 Å². The number of ether oxygens (including phenoxy) is 1. The first-order valence-corrected chi connectivity index (χ1v) is 6.44. The van der Waals surface area contributed by atoms with Crippen molar-refractivity contribution in [3.8, 4) is 5.75 Å². The first-order chi connectivity index (χ1) is 9.08. The van der Waals surface area contributed by atoms with E-state index in [1.807, 2.05) is 14.0 Å². The zero-order chi connectivity index (χ0) is 14.0. The van der Waals surface area contributed by atoms with Crippen LogP contribution in [0.4, 0.5) is 0 Å². The minimum Gasteiger partial charge on any atom is -0.496 e. The molecule has 19 heavy (non-hydrogen) atoms. The molecule has 0 saturated carbocycles. The van der Waals surface area contributed by atoms with Gasteiger partial charge in [0.25, 0.3) is 0 Å². The predicted molar refractivity (Wildman–Crippen MR) is 76.8 cm³/mol. The Morgan fingerprint density at radius 3 is 2.47 bits per heavy atom. The Morgan fingerprint density at radius 2 is 1.95 bits per heavy atom. The Bertz CT molecular complexity index is 572. The van der Waals surface area contributed by atoms with Gasteiger partial charge in [-0.2, -0.15) is 0 Å². The number of furan rings is 1. The van der Waals surface area contributed by atoms with E-state index in [4.69, 9.17) is 9.15 Å². The largest absolute Gasteiger partial charge is 0.496 e. The van der Waals surface area contributed by atoms with Crippen molar-refractivity contribution in [3.63, 3.8) is 0 Å². The molecule has 3 nitrogen and oxygen atoms in total. The average Bonchev–Trinajstić information content (AvgIpc) is 2.81. The number of rotatable bonds is 4. The number of methoxy groups -OCH3 is 1. The molecule has 0 bridgehead atoms. The van der Waals surface area contributed by atoms with E-state index in [0.717, 1.165) is 22.6 Å². The topological polar surface area (TPSA) is 34.4 Å². The number of nitrogens with one attached hydrogen (secondary N) is 1. The minimum absolute atomic E-state index is 0.0756. The maximum Gasteiger partial charge on any atom is 0.127 e. The van der Waals surface area contributed by atoms with E-state index < -0.39 is 0 Å². The average molecular weight is 259 g/mol. The van der Waals surface area contributed by atoms with Crippen molar-refractivity contribution in [1.82, 2.24) is 5.32 Å². The lowest BCUT2D eigenvalue weighted by Gasteiger charge is -2.20. The molecule has 0 spiro atoms. The van der Waals surface area contributed by atoms with Gasteiger partial charge >= 0.3 is 0 Å². The van der Waals surface area contributed by atoms with Gasteiger partial charge in [-0.05, 0) is 45.0 Å². The monoisotopic (exact) mass is 259 g/mol. The first kappa shape index (κ1) is 13.7. The molecule has 1 heterocycles. The summed E-state index contributed by atoms with van der Waals surface area (Å²) >= 11 is 0. The van der Waals surface area contributed by atoms with Crippen molar-refractivity contribution >= 4 is 0 Å². The first-order valence-electron chi connectivity index (χ1n) is 6.44. The molecule has 3 heteroatoms. The van der Waals surface area contributed by atoms with E-state index in [1.54, 1.807) is 13.4 Å². The number of benzene rings is 1. The van der Waals surface area contributed by atoms with Gasteiger partial charge in [0, 0.05) is 11.1 Å². The molecule has 2 rings (SSSR count). The molecule has 2 aromatic rings. The van der Waals surface area contributed by atoms with Crippen molar-refractivity contribution in [2.75, 3.05) is 14.2 Å². The third-order valence-corrected chi connectivity index (χ3v) is 3.60. The Morgan fingerprint density at radius 1 is 1.21 bits per heavy atom. The Balaban J connectivity index is 2.52. The van der Waals surface area contributed by atoms with Gasteiger partial charge in [-0.3, -0.25) is 0 Å². The molecule has 0 aliphatic carbocycles. The van der Waals surface area contributed by atoms with Crippen LogP contribution in [0.15, 0.2) is 28.9 Å². The molecule has 1 aromatic carbocycles. The Kier molecular flexibility index (Phi) is 3.96. The van der Waals surface area contributed by atoms with Gasteiger partial charge in [-0.1, -0.05) is 12.1 Å². The highest BCUT2D eigenvalue weighted by atomic mass is 16.5. The fraction of sp³-hybridized carbons (Fsp3) is 0.375. The van der Waals surface area contributed by atoms with E-state index in [0.29, 0.717) is 0 Å². The summed E-state index contributed by atoms with van der Waals surface area (Å²) in [7, 11) is 3.67. The molecule has 1 unspecified atom stereocenters. The Hall–Kier alpha value is -1.74. The normalized spacial score (nSPS) is 12.5. The predicted octanol–water partition coefficient (Wildman–Crippen LogP) is 3.52. The molecule has 1 atom stereocenters. The summed E-state index contributed by atoms with van der Waals surface area (Å²) in [4.78, 5) is 0. The molecule has 0 amide bonds. The maximum atomic E-state index is 5.60. The van der Waals surface area contributed by atoms with Gasteiger partial charge in [0.1, 0.15) is 11.5 Å². The zero-order valence-corrected chi connectivity index (χ0v) is 12.2. The summed E-state index contributed by atoms with van der Waals surface area (Å²) in [6.07, 6.45) is 1.80. The fourth-order valence-corrected chi connectivity index (χ4v) is 2.43. The molecule has 1 N–H and O–H groups in total. The van der Waals surface area contributed by atoms with Gasteiger partial charge in [-0.15, -0.1) is 0 Å². The molecule has 0 saturated heterocycles. The highest BCUT2D eigenvalue weighted by Crippen LogP contribution is 2.34. The molecular formula is C16H21NO2. The lowest BCUT2D eigenvalue weighted by Crippen LogP contribution is -2.18. The summed E-state index contributed by atoms with van der Waals surface area (Å²) < 4.78 is 11.0. The van der Waals surface area contributed by atoms with Crippen molar-refractivity contribution in [1.29, 1.82) is 0 Å². The molecule has 1 aromatic heterocycles. The van der Waals surface area contributed by atoms with Crippen LogP contribution in [0.25, 0.3) is 0 Å². The second kappa shape index (κ2) is 5.49. The van der Waals surface area contributed by atoms with E-state index in [2.05, 4.69) is 37.4 Å². The summed E-state index contributed by atoms with van der Waals surface area (Å²) in [5, 5.41) is 3.33. The van der Waals surface area contributed by atoms with Crippen molar-refractivity contribution in [2.45, 2.75) is 26.8 Å². The van der Waals surface area contributed by atoms with Crippen molar-refractivity contribution in [3.05, 3.63) is 52.5 Å². The van der Waals surface area contributed by atoms with E-state index in [1.165, 1.54) is 11.1 Å². The van der Waals surface area contributed by atoms with Crippen LogP contribution in [0.3, 0.4) is 0 Å². The minimum atomic E-state index is 0.0756. The summed E-state index contributed by atoms with van der Waals surface area (Å²) in [6.45, 7) is 6.14. The lowest BCUT2D eigenvalue weighted by molar-refractivity contribution is 0.401. The smallest absolute Gasteiger partial charge is 0.127 e. The molecule has 0 fully saturated rings. The summed E-state index contributed by atoms with van der Waals surface area (Å²) in [6, 6.07) is 6.37. The number of aryl methyl sites for hydroxylation is 2. The molecule has 102 valence electrons. The molecule has 0 aliphatic rings. The second-order valence-corrected chi connectivity index (χ2v) is 4.84. The highest BCUT2D eigenvalue weighted by molar-refractivity contribution is 5.49. The molecule has 0 radical (unpaired) electrons. The van der Waals surface area contributed by atoms with E-state index in [-0.39, 0.29) is 6.04 Å². The molecule has 0 aliphatic heterocycles. The van der Waals surface area contributed by atoms with Crippen molar-refractivity contribution in [2.24, 2.45) is 0 Å². The number of hydrogen-bond donors (Lipinski definition) is 1. The van der Waals surface area contributed by atoms with Crippen LogP contribution in [0.2, 0.25) is 0 Å². The van der Waals surface area contributed by atoms with Crippen molar-refractivity contribution < 1.29 is 9.15 Å². The third kappa shape index (κ3) is 2.51. The van der Waals surface area contributed by atoms with Gasteiger partial charge in [-0.25, -0.2) is 0 Å². The number of hydrogen-bond acceptors (Lipinski definition) is 3. The van der Waals surface area contributed by atoms with Gasteiger partial charge in [0.15, 0.2) is 0 Å². The van der Waals surface area contributed by atoms with E-state index in [9.17, 15) is 0 Å². The van der Waals surface area contributed by atoms with Crippen LogP contribution < -0.4 is 10.1 Å². The highest BCUT2D eigenvalue weighted by Gasteiger charge is 2.20. The quantitative estimate of drug-likeness (QED) is 0.912. The fourth-order valence-electron chi connectivity index (χ4n) is 2.43. The lowest BCUT2D eigenvalue weighted by atomic mass is 9.95. The van der Waals surface area contributed by atoms with Gasteiger partial charge in [0.05, 0.1) is 19.4 Å². The van der Waals surface area contributed by atoms with Crippen LogP contribution >= 0.6 is 0 Å². The van der Waals surface area contributed by atoms with Crippen LogP contribution in [0.5, 0.6) is 5.75 Å². The SMILES string of the molecule is CNC(c1coc(C)c1)c1ccc(C)c(C)c1OC.